The van der Waals surface area contributed by atoms with Crippen molar-refractivity contribution in [1.29, 1.82) is 0 Å². The SMILES string of the molecule is NC(=O)CC(O)C(O)c1cc2cc[nH]c2cc1Cl. The van der Waals surface area contributed by atoms with E-state index in [1.54, 1.807) is 18.3 Å². The Hall–Kier alpha value is -1.56. The molecule has 5 N–H and O–H groups in total. The summed E-state index contributed by atoms with van der Waals surface area (Å²) in [5, 5.41) is 20.8. The van der Waals surface area contributed by atoms with Crippen LogP contribution in [0.15, 0.2) is 24.4 Å². The molecule has 0 saturated heterocycles. The molecule has 0 radical (unpaired) electrons. The highest BCUT2D eigenvalue weighted by molar-refractivity contribution is 6.32. The molecule has 6 heteroatoms. The Kier molecular flexibility index (Phi) is 3.56. The molecule has 2 rings (SSSR count). The molecule has 5 nitrogen and oxygen atoms in total. The third-order valence-corrected chi connectivity index (χ3v) is 3.09. The number of aliphatic hydroxyl groups excluding tert-OH is 2. The molecule has 1 aromatic heterocycles. The number of benzene rings is 1. The molecule has 0 spiro atoms. The molecule has 0 saturated carbocycles. The fraction of sp³-hybridized carbons (Fsp3) is 0.250. The van der Waals surface area contributed by atoms with Crippen LogP contribution in [0.2, 0.25) is 5.02 Å². The third kappa shape index (κ3) is 2.48. The maximum Gasteiger partial charge on any atom is 0.220 e. The Morgan fingerprint density at radius 3 is 2.83 bits per heavy atom. The molecule has 2 aromatic rings. The number of amides is 1. The number of nitrogens with one attached hydrogen (secondary N) is 1. The van der Waals surface area contributed by atoms with Gasteiger partial charge in [0.1, 0.15) is 6.10 Å². The Morgan fingerprint density at radius 2 is 2.17 bits per heavy atom. The smallest absolute Gasteiger partial charge is 0.220 e. The largest absolute Gasteiger partial charge is 0.390 e. The molecular weight excluding hydrogens is 256 g/mol. The molecule has 2 atom stereocenters. The number of carbonyl (C=O) groups excluding carboxylic acids is 1. The minimum atomic E-state index is -1.27. The quantitative estimate of drug-likeness (QED) is 0.668. The number of H-pyrrole nitrogens is 1. The number of fused-ring (bicyclic) bond motifs is 1. The minimum Gasteiger partial charge on any atom is -0.390 e. The van der Waals surface area contributed by atoms with Crippen LogP contribution in [-0.4, -0.2) is 27.2 Å². The zero-order chi connectivity index (χ0) is 13.3. The van der Waals surface area contributed by atoms with Gasteiger partial charge >= 0.3 is 0 Å². The predicted molar refractivity (Wildman–Crippen MR) is 68.1 cm³/mol. The lowest BCUT2D eigenvalue weighted by molar-refractivity contribution is -0.121. The van der Waals surface area contributed by atoms with Crippen LogP contribution in [0.1, 0.15) is 18.1 Å². The summed E-state index contributed by atoms with van der Waals surface area (Å²) in [7, 11) is 0. The van der Waals surface area contributed by atoms with E-state index in [0.29, 0.717) is 10.6 Å². The number of rotatable bonds is 4. The first kappa shape index (κ1) is 12.9. The molecule has 0 aliphatic rings. The first-order chi connectivity index (χ1) is 8.49. The Labute approximate surface area is 108 Å². The second-order valence-corrected chi connectivity index (χ2v) is 4.53. The molecule has 1 aromatic carbocycles. The number of hydrogen-bond acceptors (Lipinski definition) is 3. The number of carbonyl (C=O) groups is 1. The van der Waals surface area contributed by atoms with Gasteiger partial charge in [-0.25, -0.2) is 0 Å². The van der Waals surface area contributed by atoms with Crippen molar-refractivity contribution in [1.82, 2.24) is 4.98 Å². The van der Waals surface area contributed by atoms with Crippen molar-refractivity contribution >= 4 is 28.4 Å². The van der Waals surface area contributed by atoms with E-state index in [2.05, 4.69) is 4.98 Å². The van der Waals surface area contributed by atoms with Gasteiger partial charge in [0.2, 0.25) is 5.91 Å². The van der Waals surface area contributed by atoms with Gasteiger partial charge in [0.25, 0.3) is 0 Å². The van der Waals surface area contributed by atoms with E-state index in [1.165, 1.54) is 0 Å². The Morgan fingerprint density at radius 1 is 1.44 bits per heavy atom. The standard InChI is InChI=1S/C12H13ClN2O3/c13-8-4-9-6(1-2-15-9)3-7(8)12(18)10(16)5-11(14)17/h1-4,10,12,15-16,18H,5H2,(H2,14,17). The second-order valence-electron chi connectivity index (χ2n) is 4.12. The summed E-state index contributed by atoms with van der Waals surface area (Å²) in [5.41, 5.74) is 6.18. The van der Waals surface area contributed by atoms with Gasteiger partial charge < -0.3 is 20.9 Å². The van der Waals surface area contributed by atoms with E-state index in [4.69, 9.17) is 17.3 Å². The Bertz CT molecular complexity index is 582. The third-order valence-electron chi connectivity index (χ3n) is 2.76. The molecule has 1 amide bonds. The van der Waals surface area contributed by atoms with Crippen molar-refractivity contribution < 1.29 is 15.0 Å². The van der Waals surface area contributed by atoms with Crippen LogP contribution in [0.5, 0.6) is 0 Å². The van der Waals surface area contributed by atoms with Crippen molar-refractivity contribution in [2.75, 3.05) is 0 Å². The predicted octanol–water partition coefficient (Wildman–Crippen LogP) is 1.09. The molecule has 2 unspecified atom stereocenters. The van der Waals surface area contributed by atoms with E-state index in [9.17, 15) is 15.0 Å². The molecule has 0 aliphatic carbocycles. The summed E-state index contributed by atoms with van der Waals surface area (Å²) in [6.45, 7) is 0. The fourth-order valence-electron chi connectivity index (χ4n) is 1.84. The van der Waals surface area contributed by atoms with Gasteiger partial charge in [0, 0.05) is 22.3 Å². The topological polar surface area (TPSA) is 99.3 Å². The number of nitrogens with two attached hydrogens (primary N) is 1. The number of primary amides is 1. The van der Waals surface area contributed by atoms with Crippen LogP contribution >= 0.6 is 11.6 Å². The summed E-state index contributed by atoms with van der Waals surface area (Å²) in [4.78, 5) is 13.7. The van der Waals surface area contributed by atoms with Gasteiger partial charge in [-0.2, -0.15) is 0 Å². The number of aromatic nitrogens is 1. The zero-order valence-corrected chi connectivity index (χ0v) is 10.2. The first-order valence-electron chi connectivity index (χ1n) is 5.40. The van der Waals surface area contributed by atoms with Crippen LogP contribution in [0.4, 0.5) is 0 Å². The average Bonchev–Trinajstić information content (AvgIpc) is 2.72. The molecule has 18 heavy (non-hydrogen) atoms. The lowest BCUT2D eigenvalue weighted by atomic mass is 10.0. The van der Waals surface area contributed by atoms with Crippen molar-refractivity contribution in [2.45, 2.75) is 18.6 Å². The van der Waals surface area contributed by atoms with Gasteiger partial charge in [0.05, 0.1) is 12.5 Å². The normalized spacial score (nSPS) is 14.6. The minimum absolute atomic E-state index is 0.317. The van der Waals surface area contributed by atoms with Gasteiger partial charge in [-0.15, -0.1) is 0 Å². The zero-order valence-electron chi connectivity index (χ0n) is 9.43. The number of hydrogen-bond donors (Lipinski definition) is 4. The molecule has 0 aliphatic heterocycles. The molecule has 96 valence electrons. The van der Waals surface area contributed by atoms with Crippen molar-refractivity contribution in [3.63, 3.8) is 0 Å². The monoisotopic (exact) mass is 268 g/mol. The second kappa shape index (κ2) is 4.97. The maximum absolute atomic E-state index is 10.7. The van der Waals surface area contributed by atoms with Gasteiger partial charge in [-0.3, -0.25) is 4.79 Å². The van der Waals surface area contributed by atoms with Crippen molar-refractivity contribution in [3.8, 4) is 0 Å². The average molecular weight is 269 g/mol. The summed E-state index contributed by atoms with van der Waals surface area (Å²) in [6.07, 6.45) is -1.08. The lowest BCUT2D eigenvalue weighted by Gasteiger charge is -2.18. The first-order valence-corrected chi connectivity index (χ1v) is 5.78. The van der Waals surface area contributed by atoms with E-state index >= 15 is 0 Å². The van der Waals surface area contributed by atoms with E-state index < -0.39 is 18.1 Å². The molecule has 1 heterocycles. The molecular formula is C12H13ClN2O3. The van der Waals surface area contributed by atoms with Crippen LogP contribution in [-0.2, 0) is 4.79 Å². The number of aromatic amines is 1. The maximum atomic E-state index is 10.7. The van der Waals surface area contributed by atoms with Crippen LogP contribution in [0.3, 0.4) is 0 Å². The lowest BCUT2D eigenvalue weighted by Crippen LogP contribution is -2.25. The molecule has 0 bridgehead atoms. The van der Waals surface area contributed by atoms with E-state index in [0.717, 1.165) is 10.9 Å². The van der Waals surface area contributed by atoms with Gasteiger partial charge in [-0.1, -0.05) is 11.6 Å². The van der Waals surface area contributed by atoms with Crippen LogP contribution in [0.25, 0.3) is 10.9 Å². The van der Waals surface area contributed by atoms with Crippen LogP contribution in [0, 0.1) is 0 Å². The summed E-state index contributed by atoms with van der Waals surface area (Å²) in [5.74, 6) is -0.680. The van der Waals surface area contributed by atoms with Crippen LogP contribution < -0.4 is 5.73 Å². The van der Waals surface area contributed by atoms with Crippen molar-refractivity contribution in [2.24, 2.45) is 5.73 Å². The Balaban J connectivity index is 2.34. The summed E-state index contributed by atoms with van der Waals surface area (Å²) < 4.78 is 0. The van der Waals surface area contributed by atoms with E-state index in [1.807, 2.05) is 6.07 Å². The summed E-state index contributed by atoms with van der Waals surface area (Å²) in [6, 6.07) is 5.15. The highest BCUT2D eigenvalue weighted by Gasteiger charge is 2.23. The van der Waals surface area contributed by atoms with E-state index in [-0.39, 0.29) is 6.42 Å². The number of aliphatic hydroxyl groups is 2. The summed E-state index contributed by atoms with van der Waals surface area (Å²) >= 11 is 6.03. The highest BCUT2D eigenvalue weighted by Crippen LogP contribution is 2.30. The highest BCUT2D eigenvalue weighted by atomic mass is 35.5. The van der Waals surface area contributed by atoms with Gasteiger partial charge in [0.15, 0.2) is 0 Å². The number of halogens is 1. The molecule has 0 fully saturated rings. The fourth-order valence-corrected chi connectivity index (χ4v) is 2.12. The van der Waals surface area contributed by atoms with Crippen molar-refractivity contribution in [3.05, 3.63) is 35.0 Å². The van der Waals surface area contributed by atoms with Gasteiger partial charge in [-0.05, 0) is 23.6 Å².